The summed E-state index contributed by atoms with van der Waals surface area (Å²) in [5.41, 5.74) is 0.443. The molecule has 0 unspecified atom stereocenters. The maximum Gasteiger partial charge on any atom is 0.375 e. The van der Waals surface area contributed by atoms with Gasteiger partial charge in [-0.15, -0.1) is 0 Å². The summed E-state index contributed by atoms with van der Waals surface area (Å²) in [5, 5.41) is 0. The maximum absolute atomic E-state index is 11.4. The van der Waals surface area contributed by atoms with Crippen molar-refractivity contribution in [3.63, 3.8) is 0 Å². The second-order valence-corrected chi connectivity index (χ2v) is 5.84. The predicted octanol–water partition coefficient (Wildman–Crippen LogP) is 0.958. The van der Waals surface area contributed by atoms with Crippen LogP contribution in [0.2, 0.25) is 0 Å². The van der Waals surface area contributed by atoms with Crippen molar-refractivity contribution in [1.82, 2.24) is 4.98 Å². The van der Waals surface area contributed by atoms with Gasteiger partial charge in [0, 0.05) is 6.26 Å². The van der Waals surface area contributed by atoms with Crippen molar-refractivity contribution in [2.24, 2.45) is 0 Å². The van der Waals surface area contributed by atoms with E-state index in [0.717, 1.165) is 12.7 Å². The molecule has 7 heteroatoms. The zero-order chi connectivity index (χ0) is 13.1. The summed E-state index contributed by atoms with van der Waals surface area (Å²) in [6, 6.07) is 0. The molecule has 96 valence electrons. The number of aromatic nitrogens is 1. The Morgan fingerprint density at radius 2 is 2.12 bits per heavy atom. The molecule has 0 amide bonds. The van der Waals surface area contributed by atoms with Crippen molar-refractivity contribution in [3.05, 3.63) is 17.3 Å². The minimum atomic E-state index is -3.24. The molecule has 6 nitrogen and oxygen atoms in total. The number of esters is 1. The molecular weight excluding hydrogens is 246 g/mol. The van der Waals surface area contributed by atoms with E-state index in [1.807, 2.05) is 6.92 Å². The number of sulfone groups is 1. The quantitative estimate of drug-likeness (QED) is 0.734. The smallest absolute Gasteiger partial charge is 0.375 e. The standard InChI is InChI=1S/C10H15NO5S/c1-4-5-7-9(10(12)15-2)16-8(11-7)6-17(3,13)14/h4-6H2,1-3H3. The summed E-state index contributed by atoms with van der Waals surface area (Å²) >= 11 is 0. The van der Waals surface area contributed by atoms with E-state index < -0.39 is 15.8 Å². The van der Waals surface area contributed by atoms with Crippen molar-refractivity contribution in [2.75, 3.05) is 13.4 Å². The molecule has 0 N–H and O–H groups in total. The third kappa shape index (κ3) is 3.85. The van der Waals surface area contributed by atoms with Gasteiger partial charge in [0.05, 0.1) is 12.8 Å². The third-order valence-corrected chi connectivity index (χ3v) is 2.76. The third-order valence-electron chi connectivity index (χ3n) is 1.98. The zero-order valence-corrected chi connectivity index (χ0v) is 10.8. The van der Waals surface area contributed by atoms with Gasteiger partial charge in [-0.05, 0) is 6.42 Å². The fourth-order valence-corrected chi connectivity index (χ4v) is 1.92. The first kappa shape index (κ1) is 13.7. The molecular formula is C10H15NO5S. The Balaban J connectivity index is 3.07. The highest BCUT2D eigenvalue weighted by Crippen LogP contribution is 2.16. The summed E-state index contributed by atoms with van der Waals surface area (Å²) in [6.45, 7) is 1.92. The summed E-state index contributed by atoms with van der Waals surface area (Å²) in [5.74, 6) is -0.939. The number of aryl methyl sites for hydroxylation is 1. The molecule has 1 heterocycles. The monoisotopic (exact) mass is 261 g/mol. The topological polar surface area (TPSA) is 86.5 Å². The molecule has 0 aliphatic heterocycles. The molecule has 1 aromatic rings. The van der Waals surface area contributed by atoms with Crippen LogP contribution in [0.1, 0.15) is 35.5 Å². The first-order valence-corrected chi connectivity index (χ1v) is 7.18. The lowest BCUT2D eigenvalue weighted by molar-refractivity contribution is 0.0561. The molecule has 0 atom stereocenters. The van der Waals surface area contributed by atoms with Gasteiger partial charge in [-0.2, -0.15) is 0 Å². The van der Waals surface area contributed by atoms with Crippen molar-refractivity contribution in [2.45, 2.75) is 25.5 Å². The number of hydrogen-bond donors (Lipinski definition) is 0. The molecule has 1 rings (SSSR count). The maximum atomic E-state index is 11.4. The van der Waals surface area contributed by atoms with Crippen molar-refractivity contribution < 1.29 is 22.4 Å². The second-order valence-electron chi connectivity index (χ2n) is 3.70. The molecule has 0 fully saturated rings. The number of carbonyl (C=O) groups is 1. The van der Waals surface area contributed by atoms with E-state index in [1.54, 1.807) is 0 Å². The Bertz CT molecular complexity index is 503. The van der Waals surface area contributed by atoms with Gasteiger partial charge in [0.1, 0.15) is 5.75 Å². The minimum absolute atomic E-state index is 0.00648. The normalized spacial score (nSPS) is 11.5. The van der Waals surface area contributed by atoms with Crippen LogP contribution in [0.5, 0.6) is 0 Å². The van der Waals surface area contributed by atoms with Crippen molar-refractivity contribution >= 4 is 15.8 Å². The van der Waals surface area contributed by atoms with E-state index in [4.69, 9.17) is 4.42 Å². The molecule has 0 saturated heterocycles. The molecule has 0 bridgehead atoms. The largest absolute Gasteiger partial charge is 0.463 e. The summed E-state index contributed by atoms with van der Waals surface area (Å²) in [7, 11) is -2.00. The van der Waals surface area contributed by atoms with Crippen LogP contribution in [0.4, 0.5) is 0 Å². The van der Waals surface area contributed by atoms with Crippen molar-refractivity contribution in [1.29, 1.82) is 0 Å². The van der Waals surface area contributed by atoms with Crippen LogP contribution in [0.25, 0.3) is 0 Å². The SMILES string of the molecule is CCCc1nc(CS(C)(=O)=O)oc1C(=O)OC. The molecule has 0 aliphatic rings. The Morgan fingerprint density at radius 1 is 1.47 bits per heavy atom. The number of carbonyl (C=O) groups excluding carboxylic acids is 1. The molecule has 0 spiro atoms. The number of nitrogens with zero attached hydrogens (tertiary/aromatic N) is 1. The fourth-order valence-electron chi connectivity index (χ4n) is 1.35. The van der Waals surface area contributed by atoms with Crippen molar-refractivity contribution in [3.8, 4) is 0 Å². The predicted molar refractivity (Wildman–Crippen MR) is 60.4 cm³/mol. The lowest BCUT2D eigenvalue weighted by Crippen LogP contribution is -2.03. The average molecular weight is 261 g/mol. The molecule has 0 aliphatic carbocycles. The van der Waals surface area contributed by atoms with E-state index in [2.05, 4.69) is 9.72 Å². The van der Waals surface area contributed by atoms with Gasteiger partial charge in [-0.1, -0.05) is 13.3 Å². The molecule has 17 heavy (non-hydrogen) atoms. The summed E-state index contributed by atoms with van der Waals surface area (Å²) in [6.07, 6.45) is 2.39. The first-order chi connectivity index (χ1) is 7.87. The number of rotatable bonds is 5. The highest BCUT2D eigenvalue weighted by Gasteiger charge is 2.21. The van der Waals surface area contributed by atoms with Gasteiger partial charge < -0.3 is 9.15 Å². The van der Waals surface area contributed by atoms with Gasteiger partial charge in [-0.3, -0.25) is 0 Å². The Hall–Kier alpha value is -1.37. The van der Waals surface area contributed by atoms with Crippen LogP contribution >= 0.6 is 0 Å². The molecule has 0 saturated carbocycles. The Labute approximate surface area is 99.9 Å². The first-order valence-electron chi connectivity index (χ1n) is 5.12. The highest BCUT2D eigenvalue weighted by atomic mass is 32.2. The second kappa shape index (κ2) is 5.31. The Kier molecular flexibility index (Phi) is 4.28. The van der Waals surface area contributed by atoms with Gasteiger partial charge in [0.25, 0.3) is 0 Å². The minimum Gasteiger partial charge on any atom is -0.463 e. The summed E-state index contributed by atoms with van der Waals surface area (Å²) in [4.78, 5) is 15.4. The van der Waals surface area contributed by atoms with Crippen LogP contribution in [0.3, 0.4) is 0 Å². The van der Waals surface area contributed by atoms with Gasteiger partial charge in [0.15, 0.2) is 9.84 Å². The number of hydrogen-bond acceptors (Lipinski definition) is 6. The van der Waals surface area contributed by atoms with Gasteiger partial charge in [-0.25, -0.2) is 18.2 Å². The molecule has 0 aromatic carbocycles. The van der Waals surface area contributed by atoms with Crippen LogP contribution in [-0.2, 0) is 26.7 Å². The van der Waals surface area contributed by atoms with Crippen LogP contribution in [0, 0.1) is 0 Å². The molecule has 1 aromatic heterocycles. The highest BCUT2D eigenvalue weighted by molar-refractivity contribution is 7.89. The average Bonchev–Trinajstić information content (AvgIpc) is 2.58. The van der Waals surface area contributed by atoms with E-state index in [1.165, 1.54) is 7.11 Å². The number of oxazole rings is 1. The van der Waals surface area contributed by atoms with E-state index in [9.17, 15) is 13.2 Å². The van der Waals surface area contributed by atoms with Crippen LogP contribution in [0.15, 0.2) is 4.42 Å². The molecule has 0 radical (unpaired) electrons. The van der Waals surface area contributed by atoms with E-state index >= 15 is 0 Å². The van der Waals surface area contributed by atoms with Crippen LogP contribution < -0.4 is 0 Å². The van der Waals surface area contributed by atoms with E-state index in [0.29, 0.717) is 12.1 Å². The van der Waals surface area contributed by atoms with Gasteiger partial charge in [0.2, 0.25) is 11.7 Å². The number of methoxy groups -OCH3 is 1. The number of ether oxygens (including phenoxy) is 1. The van der Waals surface area contributed by atoms with Gasteiger partial charge >= 0.3 is 5.97 Å². The zero-order valence-electron chi connectivity index (χ0n) is 10.0. The lowest BCUT2D eigenvalue weighted by Gasteiger charge is -1.96. The lowest BCUT2D eigenvalue weighted by atomic mass is 10.2. The fraction of sp³-hybridized carbons (Fsp3) is 0.600. The summed E-state index contributed by atoms with van der Waals surface area (Å²) < 4.78 is 31.9. The van der Waals surface area contributed by atoms with Crippen LogP contribution in [-0.4, -0.2) is 32.7 Å². The Morgan fingerprint density at radius 3 is 2.59 bits per heavy atom. The van der Waals surface area contributed by atoms with E-state index in [-0.39, 0.29) is 17.4 Å².